The molecule has 2 heterocycles. The first-order valence-electron chi connectivity index (χ1n) is 9.48. The number of aryl methyl sites for hydroxylation is 2. The van der Waals surface area contributed by atoms with Crippen LogP contribution < -0.4 is 16.3 Å². The summed E-state index contributed by atoms with van der Waals surface area (Å²) in [6.07, 6.45) is 0.0905. The molecule has 1 aromatic carbocycles. The Labute approximate surface area is 168 Å². The lowest BCUT2D eigenvalue weighted by Gasteiger charge is -2.09. The molecule has 0 bridgehead atoms. The van der Waals surface area contributed by atoms with Crippen molar-refractivity contribution in [2.24, 2.45) is 14.1 Å². The summed E-state index contributed by atoms with van der Waals surface area (Å²) in [4.78, 5) is 40.6. The zero-order valence-electron chi connectivity index (χ0n) is 17.0. The number of hydrogen-bond acceptors (Lipinski definition) is 4. The molecule has 0 radical (unpaired) electrons. The van der Waals surface area contributed by atoms with Gasteiger partial charge in [0.05, 0.1) is 5.52 Å². The van der Waals surface area contributed by atoms with Crippen LogP contribution in [-0.2, 0) is 23.7 Å². The average molecular weight is 395 g/mol. The van der Waals surface area contributed by atoms with Crippen LogP contribution in [0.25, 0.3) is 11.2 Å². The number of fused-ring (bicyclic) bond motifs is 1. The molecule has 0 fully saturated rings. The topological polar surface area (TPSA) is 98.0 Å². The minimum absolute atomic E-state index is 0.0311. The maximum atomic E-state index is 12.2. The average Bonchev–Trinajstić information content (AvgIpc) is 2.91. The van der Waals surface area contributed by atoms with E-state index in [1.54, 1.807) is 26.2 Å². The normalized spacial score (nSPS) is 11.1. The zero-order valence-corrected chi connectivity index (χ0v) is 17.0. The maximum absolute atomic E-state index is 12.2. The highest BCUT2D eigenvalue weighted by Gasteiger charge is 2.12. The first-order chi connectivity index (χ1) is 13.8. The molecule has 0 spiro atoms. The fourth-order valence-corrected chi connectivity index (χ4v) is 3.05. The van der Waals surface area contributed by atoms with Crippen molar-refractivity contribution in [2.75, 3.05) is 10.6 Å². The molecular formula is C21H25N5O3. The number of pyridine rings is 1. The molecule has 0 aliphatic heterocycles. The number of amides is 2. The van der Waals surface area contributed by atoms with Crippen molar-refractivity contribution >= 4 is 34.5 Å². The third kappa shape index (κ3) is 4.53. The van der Waals surface area contributed by atoms with Gasteiger partial charge in [-0.1, -0.05) is 26.0 Å². The Morgan fingerprint density at radius 2 is 1.55 bits per heavy atom. The molecule has 0 atom stereocenters. The lowest BCUT2D eigenvalue weighted by molar-refractivity contribution is -0.121. The maximum Gasteiger partial charge on any atom is 0.329 e. The van der Waals surface area contributed by atoms with E-state index in [-0.39, 0.29) is 30.3 Å². The van der Waals surface area contributed by atoms with E-state index in [9.17, 15) is 14.4 Å². The number of rotatable bonds is 6. The molecule has 3 aromatic rings. The van der Waals surface area contributed by atoms with Crippen molar-refractivity contribution in [3.8, 4) is 0 Å². The smallest absolute Gasteiger partial charge is 0.326 e. The monoisotopic (exact) mass is 395 g/mol. The van der Waals surface area contributed by atoms with Gasteiger partial charge in [-0.25, -0.2) is 9.78 Å². The fraction of sp³-hybridized carbons (Fsp3) is 0.333. The summed E-state index contributed by atoms with van der Waals surface area (Å²) < 4.78 is 2.91. The van der Waals surface area contributed by atoms with Crippen molar-refractivity contribution < 1.29 is 9.59 Å². The van der Waals surface area contributed by atoms with Gasteiger partial charge in [0.2, 0.25) is 11.8 Å². The molecule has 3 rings (SSSR count). The van der Waals surface area contributed by atoms with Crippen LogP contribution in [0, 0.1) is 0 Å². The van der Waals surface area contributed by atoms with Crippen LogP contribution in [-0.4, -0.2) is 25.9 Å². The molecule has 152 valence electrons. The van der Waals surface area contributed by atoms with E-state index < -0.39 is 0 Å². The third-order valence-electron chi connectivity index (χ3n) is 4.82. The third-order valence-corrected chi connectivity index (χ3v) is 4.82. The summed E-state index contributed by atoms with van der Waals surface area (Å²) in [6, 6.07) is 11.0. The van der Waals surface area contributed by atoms with Crippen molar-refractivity contribution in [3.63, 3.8) is 0 Å². The highest BCUT2D eigenvalue weighted by molar-refractivity contribution is 5.96. The Morgan fingerprint density at radius 1 is 0.931 bits per heavy atom. The van der Waals surface area contributed by atoms with Gasteiger partial charge in [-0.3, -0.25) is 18.7 Å². The minimum Gasteiger partial charge on any atom is -0.326 e. The van der Waals surface area contributed by atoms with Crippen LogP contribution in [0.4, 0.5) is 11.5 Å². The van der Waals surface area contributed by atoms with E-state index in [4.69, 9.17) is 0 Å². The number of nitrogens with one attached hydrogen (secondary N) is 2. The highest BCUT2D eigenvalue weighted by Crippen LogP contribution is 2.17. The summed E-state index contributed by atoms with van der Waals surface area (Å²) in [5, 5.41) is 5.47. The van der Waals surface area contributed by atoms with Crippen LogP contribution in [0.15, 0.2) is 41.2 Å². The second-order valence-corrected chi connectivity index (χ2v) is 7.31. The number of imidazole rings is 1. The van der Waals surface area contributed by atoms with Crippen LogP contribution in [0.1, 0.15) is 38.2 Å². The lowest BCUT2D eigenvalue weighted by atomic mass is 10.0. The number of carbonyl (C=O) groups is 2. The first-order valence-corrected chi connectivity index (χ1v) is 9.48. The summed E-state index contributed by atoms with van der Waals surface area (Å²) in [5.74, 6) is 0.220. The largest absolute Gasteiger partial charge is 0.329 e. The van der Waals surface area contributed by atoms with E-state index in [1.165, 1.54) is 14.7 Å². The van der Waals surface area contributed by atoms with Crippen molar-refractivity contribution in [1.82, 2.24) is 14.1 Å². The van der Waals surface area contributed by atoms with Gasteiger partial charge in [-0.05, 0) is 35.7 Å². The van der Waals surface area contributed by atoms with Crippen LogP contribution in [0.2, 0.25) is 0 Å². The van der Waals surface area contributed by atoms with E-state index in [2.05, 4.69) is 29.5 Å². The Morgan fingerprint density at radius 3 is 2.17 bits per heavy atom. The van der Waals surface area contributed by atoms with E-state index in [0.717, 1.165) is 0 Å². The van der Waals surface area contributed by atoms with Gasteiger partial charge < -0.3 is 10.6 Å². The zero-order chi connectivity index (χ0) is 21.1. The SMILES string of the molecule is CC(C)c1ccc(NC(=O)CCC(=O)Nc2ccc3c(n2)n(C)c(=O)n3C)cc1. The number of hydrogen-bond donors (Lipinski definition) is 2. The first kappa shape index (κ1) is 20.3. The number of aromatic nitrogens is 3. The summed E-state index contributed by atoms with van der Waals surface area (Å²) >= 11 is 0. The summed E-state index contributed by atoms with van der Waals surface area (Å²) in [6.45, 7) is 4.21. The molecule has 2 amide bonds. The number of benzene rings is 1. The number of carbonyl (C=O) groups excluding carboxylic acids is 2. The molecule has 0 aliphatic carbocycles. The second kappa shape index (κ2) is 8.30. The van der Waals surface area contributed by atoms with Gasteiger partial charge in [0.25, 0.3) is 0 Å². The van der Waals surface area contributed by atoms with Crippen molar-refractivity contribution in [3.05, 3.63) is 52.4 Å². The Bertz CT molecular complexity index is 1110. The number of anilines is 2. The van der Waals surface area contributed by atoms with Gasteiger partial charge in [0.1, 0.15) is 5.82 Å². The Hall–Kier alpha value is -3.42. The van der Waals surface area contributed by atoms with Gasteiger partial charge in [-0.15, -0.1) is 0 Å². The van der Waals surface area contributed by atoms with E-state index >= 15 is 0 Å². The minimum atomic E-state index is -0.317. The van der Waals surface area contributed by atoms with Crippen molar-refractivity contribution in [1.29, 1.82) is 0 Å². The molecule has 0 saturated carbocycles. The predicted molar refractivity (Wildman–Crippen MR) is 113 cm³/mol. The second-order valence-electron chi connectivity index (χ2n) is 7.31. The van der Waals surface area contributed by atoms with E-state index in [0.29, 0.717) is 28.6 Å². The molecule has 2 aromatic heterocycles. The van der Waals surface area contributed by atoms with Gasteiger partial charge in [0.15, 0.2) is 5.65 Å². The molecule has 0 aliphatic rings. The molecule has 29 heavy (non-hydrogen) atoms. The fourth-order valence-electron chi connectivity index (χ4n) is 3.05. The van der Waals surface area contributed by atoms with E-state index in [1.807, 2.05) is 24.3 Å². The van der Waals surface area contributed by atoms with Gasteiger partial charge in [-0.2, -0.15) is 0 Å². The Balaban J connectivity index is 1.55. The van der Waals surface area contributed by atoms with Crippen LogP contribution in [0.3, 0.4) is 0 Å². The highest BCUT2D eigenvalue weighted by atomic mass is 16.2. The van der Waals surface area contributed by atoms with Crippen LogP contribution in [0.5, 0.6) is 0 Å². The molecule has 0 unspecified atom stereocenters. The molecule has 8 nitrogen and oxygen atoms in total. The van der Waals surface area contributed by atoms with Crippen molar-refractivity contribution in [2.45, 2.75) is 32.6 Å². The molecule has 0 saturated heterocycles. The quantitative estimate of drug-likeness (QED) is 0.670. The summed E-state index contributed by atoms with van der Waals surface area (Å²) in [5.41, 5.74) is 2.88. The molecular weight excluding hydrogens is 370 g/mol. The van der Waals surface area contributed by atoms with Crippen LogP contribution >= 0.6 is 0 Å². The standard InChI is InChI=1S/C21H25N5O3/c1-13(2)14-5-7-15(8-6-14)22-18(27)11-12-19(28)23-17-10-9-16-20(24-17)26(4)21(29)25(16)3/h5-10,13H,11-12H2,1-4H3,(H,22,27)(H,23,24,28). The molecule has 8 heteroatoms. The molecule has 2 N–H and O–H groups in total. The lowest BCUT2D eigenvalue weighted by Crippen LogP contribution is -2.19. The number of nitrogens with zero attached hydrogens (tertiary/aromatic N) is 3. The summed E-state index contributed by atoms with van der Waals surface area (Å²) in [7, 11) is 3.29. The predicted octanol–water partition coefficient (Wildman–Crippen LogP) is 2.75. The van der Waals surface area contributed by atoms with Gasteiger partial charge in [0, 0.05) is 32.6 Å². The van der Waals surface area contributed by atoms with Gasteiger partial charge >= 0.3 is 5.69 Å². The Kier molecular flexibility index (Phi) is 5.81.